The van der Waals surface area contributed by atoms with E-state index >= 15 is 0 Å². The largest absolute Gasteiger partial charge is 0.399 e. The van der Waals surface area contributed by atoms with Crippen molar-refractivity contribution >= 4 is 40.4 Å². The van der Waals surface area contributed by atoms with Crippen molar-refractivity contribution in [1.82, 2.24) is 9.80 Å². The summed E-state index contributed by atoms with van der Waals surface area (Å²) in [5.41, 5.74) is 9.56. The number of nitrogens with two attached hydrogens (primary N) is 1. The fourth-order valence-corrected chi connectivity index (χ4v) is 3.58. The second-order valence-electron chi connectivity index (χ2n) is 7.54. The summed E-state index contributed by atoms with van der Waals surface area (Å²) in [6, 6.07) is 17.1. The number of amides is 2. The van der Waals surface area contributed by atoms with E-state index in [1.807, 2.05) is 79.7 Å². The summed E-state index contributed by atoms with van der Waals surface area (Å²) in [6.45, 7) is 0.992. The van der Waals surface area contributed by atoms with Crippen LogP contribution in [0.3, 0.4) is 0 Å². The van der Waals surface area contributed by atoms with Gasteiger partial charge >= 0.3 is 0 Å². The minimum atomic E-state index is -0.233. The molecule has 0 spiro atoms. The third-order valence-electron chi connectivity index (χ3n) is 5.13. The summed E-state index contributed by atoms with van der Waals surface area (Å²) in [7, 11) is 3.85. The molecule has 0 radical (unpaired) electrons. The van der Waals surface area contributed by atoms with Gasteiger partial charge in [-0.2, -0.15) is 0 Å². The third-order valence-corrected chi connectivity index (χ3v) is 5.13. The van der Waals surface area contributed by atoms with Crippen LogP contribution in [-0.4, -0.2) is 48.8 Å². The van der Waals surface area contributed by atoms with Crippen LogP contribution in [0.2, 0.25) is 0 Å². The number of hydrogen-bond acceptors (Lipinski definition) is 4. The van der Waals surface area contributed by atoms with Gasteiger partial charge in [0.05, 0.1) is 0 Å². The van der Waals surface area contributed by atoms with Crippen LogP contribution in [0.25, 0.3) is 22.9 Å². The minimum absolute atomic E-state index is 0.222. The highest BCUT2D eigenvalue weighted by molar-refractivity contribution is 6.25. The highest BCUT2D eigenvalue weighted by atomic mass is 16.2. The van der Waals surface area contributed by atoms with Crippen LogP contribution in [-0.2, 0) is 0 Å². The molecule has 1 heterocycles. The SMILES string of the molecule is CN(C)CCN1C(=O)c2cccc3cc(/C=C/c4ccc(N)cc4)cc(c23)C1=O. The molecule has 4 rings (SSSR count). The van der Waals surface area contributed by atoms with Gasteiger partial charge in [-0.05, 0) is 60.9 Å². The molecule has 0 unspecified atom stereocenters. The highest BCUT2D eigenvalue weighted by Gasteiger charge is 2.32. The number of rotatable bonds is 5. The molecule has 5 heteroatoms. The van der Waals surface area contributed by atoms with Crippen LogP contribution in [0.15, 0.2) is 54.6 Å². The van der Waals surface area contributed by atoms with E-state index in [9.17, 15) is 9.59 Å². The molecule has 29 heavy (non-hydrogen) atoms. The lowest BCUT2D eigenvalue weighted by Crippen LogP contribution is -2.43. The Morgan fingerprint density at radius 2 is 1.59 bits per heavy atom. The van der Waals surface area contributed by atoms with E-state index < -0.39 is 0 Å². The Balaban J connectivity index is 1.76. The van der Waals surface area contributed by atoms with Gasteiger partial charge in [0.25, 0.3) is 11.8 Å². The zero-order valence-electron chi connectivity index (χ0n) is 16.6. The molecular formula is C24H23N3O2. The van der Waals surface area contributed by atoms with Crippen LogP contribution >= 0.6 is 0 Å². The van der Waals surface area contributed by atoms with Gasteiger partial charge in [-0.3, -0.25) is 14.5 Å². The van der Waals surface area contributed by atoms with Crippen LogP contribution in [0.5, 0.6) is 0 Å². The number of carbonyl (C=O) groups is 2. The molecule has 0 aliphatic carbocycles. The second kappa shape index (κ2) is 7.53. The molecule has 0 atom stereocenters. The van der Waals surface area contributed by atoms with E-state index in [1.54, 1.807) is 6.07 Å². The minimum Gasteiger partial charge on any atom is -0.399 e. The maximum atomic E-state index is 13.1. The fourth-order valence-electron chi connectivity index (χ4n) is 3.58. The average Bonchev–Trinajstić information content (AvgIpc) is 2.71. The first-order valence-corrected chi connectivity index (χ1v) is 9.55. The second-order valence-corrected chi connectivity index (χ2v) is 7.54. The van der Waals surface area contributed by atoms with Crippen molar-refractivity contribution in [1.29, 1.82) is 0 Å². The van der Waals surface area contributed by atoms with Crippen molar-refractivity contribution in [2.75, 3.05) is 32.9 Å². The number of carbonyl (C=O) groups excluding carboxylic acids is 2. The van der Waals surface area contributed by atoms with Gasteiger partial charge in [0.1, 0.15) is 0 Å². The van der Waals surface area contributed by atoms with Crippen molar-refractivity contribution in [3.05, 3.63) is 76.9 Å². The Hall–Kier alpha value is -3.44. The molecule has 3 aromatic rings. The van der Waals surface area contributed by atoms with E-state index in [2.05, 4.69) is 0 Å². The predicted molar refractivity (Wildman–Crippen MR) is 118 cm³/mol. The lowest BCUT2D eigenvalue weighted by Gasteiger charge is -2.28. The van der Waals surface area contributed by atoms with E-state index in [0.717, 1.165) is 27.6 Å². The summed E-state index contributed by atoms with van der Waals surface area (Å²) in [4.78, 5) is 29.4. The van der Waals surface area contributed by atoms with E-state index in [4.69, 9.17) is 5.73 Å². The van der Waals surface area contributed by atoms with Crippen LogP contribution in [0.4, 0.5) is 5.69 Å². The van der Waals surface area contributed by atoms with Crippen LogP contribution in [0, 0.1) is 0 Å². The molecule has 2 N–H and O–H groups in total. The van der Waals surface area contributed by atoms with Gasteiger partial charge in [-0.1, -0.05) is 36.4 Å². The molecule has 0 aromatic heterocycles. The molecule has 1 aliphatic rings. The summed E-state index contributed by atoms with van der Waals surface area (Å²) < 4.78 is 0. The molecule has 3 aromatic carbocycles. The van der Waals surface area contributed by atoms with Gasteiger partial charge in [0, 0.05) is 35.3 Å². The Morgan fingerprint density at radius 3 is 2.31 bits per heavy atom. The Bertz CT molecular complexity index is 1130. The van der Waals surface area contributed by atoms with Crippen molar-refractivity contribution in [2.45, 2.75) is 0 Å². The molecule has 2 amide bonds. The smallest absolute Gasteiger partial charge is 0.261 e. The Morgan fingerprint density at radius 1 is 0.897 bits per heavy atom. The number of nitrogens with zero attached hydrogens (tertiary/aromatic N) is 2. The van der Waals surface area contributed by atoms with Crippen LogP contribution in [0.1, 0.15) is 31.8 Å². The normalized spacial score (nSPS) is 13.8. The first-order chi connectivity index (χ1) is 13.9. The maximum absolute atomic E-state index is 13.1. The maximum Gasteiger partial charge on any atom is 0.261 e. The van der Waals surface area contributed by atoms with Crippen molar-refractivity contribution in [3.63, 3.8) is 0 Å². The van der Waals surface area contributed by atoms with Gasteiger partial charge in [-0.25, -0.2) is 0 Å². The Kier molecular flexibility index (Phi) is 4.91. The zero-order valence-corrected chi connectivity index (χ0v) is 16.6. The predicted octanol–water partition coefficient (Wildman–Crippen LogP) is 3.75. The number of anilines is 1. The van der Waals surface area contributed by atoms with Gasteiger partial charge in [0.15, 0.2) is 0 Å². The van der Waals surface area contributed by atoms with Crippen molar-refractivity contribution in [2.24, 2.45) is 0 Å². The summed E-state index contributed by atoms with van der Waals surface area (Å²) in [5, 5.41) is 1.64. The van der Waals surface area contributed by atoms with E-state index in [1.165, 1.54) is 4.90 Å². The molecule has 5 nitrogen and oxygen atoms in total. The summed E-state index contributed by atoms with van der Waals surface area (Å²) in [6.07, 6.45) is 3.96. The average molecular weight is 385 g/mol. The molecule has 0 bridgehead atoms. The summed E-state index contributed by atoms with van der Waals surface area (Å²) >= 11 is 0. The number of hydrogen-bond donors (Lipinski definition) is 1. The molecule has 1 aliphatic heterocycles. The lowest BCUT2D eigenvalue weighted by atomic mass is 9.92. The first kappa shape index (κ1) is 18.9. The van der Waals surface area contributed by atoms with Crippen LogP contribution < -0.4 is 5.73 Å². The Labute approximate surface area is 170 Å². The number of likely N-dealkylation sites (N-methyl/N-ethyl adjacent to an activating group) is 1. The van der Waals surface area contributed by atoms with Crippen molar-refractivity contribution in [3.8, 4) is 0 Å². The molecule has 146 valence electrons. The number of benzene rings is 3. The van der Waals surface area contributed by atoms with Gasteiger partial charge in [-0.15, -0.1) is 0 Å². The lowest BCUT2D eigenvalue weighted by molar-refractivity contribution is 0.0601. The molecule has 0 saturated carbocycles. The standard InChI is InChI=1S/C24H23N3O2/c1-26(2)12-13-27-23(28)20-5-3-4-18-14-17(15-21(22(18)20)24(27)29)7-6-16-8-10-19(25)11-9-16/h3-11,14-15H,12-13,25H2,1-2H3/b7-6+. The highest BCUT2D eigenvalue weighted by Crippen LogP contribution is 2.31. The van der Waals surface area contributed by atoms with E-state index in [0.29, 0.717) is 24.2 Å². The first-order valence-electron chi connectivity index (χ1n) is 9.55. The third kappa shape index (κ3) is 3.65. The fraction of sp³-hybridized carbons (Fsp3) is 0.167. The monoisotopic (exact) mass is 385 g/mol. The van der Waals surface area contributed by atoms with Gasteiger partial charge < -0.3 is 10.6 Å². The number of nitrogen functional groups attached to an aromatic ring is 1. The van der Waals surface area contributed by atoms with Gasteiger partial charge in [0.2, 0.25) is 0 Å². The molecule has 0 fully saturated rings. The topological polar surface area (TPSA) is 66.6 Å². The summed E-state index contributed by atoms with van der Waals surface area (Å²) in [5.74, 6) is -0.455. The zero-order chi connectivity index (χ0) is 20.5. The molecule has 0 saturated heterocycles. The van der Waals surface area contributed by atoms with E-state index in [-0.39, 0.29) is 11.8 Å². The molecular weight excluding hydrogens is 362 g/mol. The quantitative estimate of drug-likeness (QED) is 0.413. The number of imide groups is 1. The van der Waals surface area contributed by atoms with Crippen molar-refractivity contribution < 1.29 is 9.59 Å².